The molecule has 0 unspecified atom stereocenters. The zero-order chi connectivity index (χ0) is 21.1. The number of rotatable bonds is 10. The lowest BCUT2D eigenvalue weighted by Crippen LogP contribution is -2.36. The van der Waals surface area contributed by atoms with E-state index in [9.17, 15) is 9.59 Å². The van der Waals surface area contributed by atoms with Crippen LogP contribution in [0.3, 0.4) is 0 Å². The highest BCUT2D eigenvalue weighted by atomic mass is 32.1. The molecule has 1 aromatic rings. The van der Waals surface area contributed by atoms with Crippen LogP contribution in [-0.4, -0.2) is 73.3 Å². The maximum atomic E-state index is 12.5. The smallest absolute Gasteiger partial charge is 0.222 e. The van der Waals surface area contributed by atoms with Crippen molar-refractivity contribution in [2.75, 3.05) is 33.4 Å². The van der Waals surface area contributed by atoms with E-state index < -0.39 is 0 Å². The Morgan fingerprint density at radius 1 is 1.33 bits per heavy atom. The normalized spacial score (nSPS) is 28.5. The van der Waals surface area contributed by atoms with E-state index in [2.05, 4.69) is 25.9 Å². The van der Waals surface area contributed by atoms with Crippen LogP contribution in [0.1, 0.15) is 36.4 Å². The van der Waals surface area contributed by atoms with Gasteiger partial charge in [0.1, 0.15) is 5.01 Å². The summed E-state index contributed by atoms with van der Waals surface area (Å²) in [5.41, 5.74) is 1.04. The second-order valence-electron chi connectivity index (χ2n) is 8.68. The third-order valence-corrected chi connectivity index (χ3v) is 7.20. The molecule has 2 aliphatic heterocycles. The van der Waals surface area contributed by atoms with Gasteiger partial charge in [0.05, 0.1) is 32.3 Å². The number of methoxy groups -OCH3 is 1. The lowest BCUT2D eigenvalue weighted by atomic mass is 9.84. The standard InChI is InChI=1S/C21H32N4O4S/c1-13-12-30-20(23-13)10-25-9-14(7-19(27)24-15-3-4-15)21-16(25)11-29-17(21)8-18(26)22-5-6-28-2/h12,14-17,21H,3-11H2,1-2H3,(H,22,26)(H,24,27)/t14-,16-,17+,21-/m1/s1. The average molecular weight is 437 g/mol. The van der Waals surface area contributed by atoms with Crippen LogP contribution in [0.2, 0.25) is 0 Å². The molecule has 1 aromatic heterocycles. The highest BCUT2D eigenvalue weighted by Crippen LogP contribution is 2.42. The third kappa shape index (κ3) is 5.38. The highest BCUT2D eigenvalue weighted by molar-refractivity contribution is 7.09. The van der Waals surface area contributed by atoms with Gasteiger partial charge in [-0.15, -0.1) is 11.3 Å². The van der Waals surface area contributed by atoms with Gasteiger partial charge in [-0.25, -0.2) is 4.98 Å². The second-order valence-corrected chi connectivity index (χ2v) is 9.62. The number of likely N-dealkylation sites (tertiary alicyclic amines) is 1. The number of nitrogens with zero attached hydrogens (tertiary/aromatic N) is 2. The van der Waals surface area contributed by atoms with Gasteiger partial charge in [-0.1, -0.05) is 0 Å². The quantitative estimate of drug-likeness (QED) is 0.534. The topological polar surface area (TPSA) is 92.8 Å². The predicted molar refractivity (Wildman–Crippen MR) is 113 cm³/mol. The van der Waals surface area contributed by atoms with Crippen LogP contribution in [0.25, 0.3) is 0 Å². The minimum atomic E-state index is -0.153. The fraction of sp³-hybridized carbons (Fsp3) is 0.762. The van der Waals surface area contributed by atoms with E-state index in [0.717, 1.165) is 36.6 Å². The summed E-state index contributed by atoms with van der Waals surface area (Å²) in [6.07, 6.45) is 2.85. The number of nitrogens with one attached hydrogen (secondary N) is 2. The Bertz CT molecular complexity index is 753. The number of thiazole rings is 1. The first-order valence-corrected chi connectivity index (χ1v) is 11.7. The first kappa shape index (κ1) is 21.7. The number of aryl methyl sites for hydroxylation is 1. The largest absolute Gasteiger partial charge is 0.383 e. The fourth-order valence-electron chi connectivity index (χ4n) is 4.74. The minimum Gasteiger partial charge on any atom is -0.383 e. The van der Waals surface area contributed by atoms with Crippen LogP contribution in [0.15, 0.2) is 5.38 Å². The highest BCUT2D eigenvalue weighted by Gasteiger charge is 2.51. The summed E-state index contributed by atoms with van der Waals surface area (Å²) in [4.78, 5) is 31.9. The van der Waals surface area contributed by atoms with E-state index in [1.165, 1.54) is 0 Å². The van der Waals surface area contributed by atoms with E-state index in [1.807, 2.05) is 6.92 Å². The van der Waals surface area contributed by atoms with Crippen LogP contribution >= 0.6 is 11.3 Å². The molecule has 8 nitrogen and oxygen atoms in total. The van der Waals surface area contributed by atoms with Crippen LogP contribution in [0.4, 0.5) is 0 Å². The number of amides is 2. The molecule has 4 atom stereocenters. The van der Waals surface area contributed by atoms with Crippen molar-refractivity contribution in [2.45, 2.75) is 57.3 Å². The van der Waals surface area contributed by atoms with Crippen molar-refractivity contribution < 1.29 is 19.1 Å². The van der Waals surface area contributed by atoms with Gasteiger partial charge in [0, 0.05) is 55.7 Å². The zero-order valence-electron chi connectivity index (χ0n) is 17.8. The molecule has 0 radical (unpaired) electrons. The molecule has 30 heavy (non-hydrogen) atoms. The van der Waals surface area contributed by atoms with Crippen molar-refractivity contribution in [3.8, 4) is 0 Å². The molecule has 2 amide bonds. The van der Waals surface area contributed by atoms with Crippen molar-refractivity contribution in [2.24, 2.45) is 11.8 Å². The summed E-state index contributed by atoms with van der Waals surface area (Å²) in [5.74, 6) is 0.481. The Labute approximate surface area is 181 Å². The van der Waals surface area contributed by atoms with Crippen molar-refractivity contribution in [3.63, 3.8) is 0 Å². The van der Waals surface area contributed by atoms with Gasteiger partial charge in [-0.05, 0) is 25.7 Å². The zero-order valence-corrected chi connectivity index (χ0v) is 18.6. The summed E-state index contributed by atoms with van der Waals surface area (Å²) < 4.78 is 11.1. The molecule has 4 rings (SSSR count). The van der Waals surface area contributed by atoms with Crippen LogP contribution in [0, 0.1) is 18.8 Å². The number of carbonyl (C=O) groups is 2. The van der Waals surface area contributed by atoms with E-state index in [1.54, 1.807) is 18.4 Å². The van der Waals surface area contributed by atoms with Crippen LogP contribution in [0.5, 0.6) is 0 Å². The predicted octanol–water partition coefficient (Wildman–Crippen LogP) is 1.09. The van der Waals surface area contributed by atoms with E-state index in [0.29, 0.717) is 38.6 Å². The molecule has 2 saturated heterocycles. The molecular formula is C21H32N4O4S. The number of hydrogen-bond donors (Lipinski definition) is 2. The van der Waals surface area contributed by atoms with Gasteiger partial charge in [-0.2, -0.15) is 0 Å². The molecule has 0 bridgehead atoms. The molecule has 0 spiro atoms. The number of aromatic nitrogens is 1. The van der Waals surface area contributed by atoms with E-state index in [-0.39, 0.29) is 35.8 Å². The van der Waals surface area contributed by atoms with Gasteiger partial charge >= 0.3 is 0 Å². The summed E-state index contributed by atoms with van der Waals surface area (Å²) in [6.45, 7) is 5.22. The van der Waals surface area contributed by atoms with Gasteiger partial charge in [0.25, 0.3) is 0 Å². The molecule has 166 valence electrons. The molecule has 1 aliphatic carbocycles. The van der Waals surface area contributed by atoms with Crippen molar-refractivity contribution in [1.82, 2.24) is 20.5 Å². The van der Waals surface area contributed by atoms with Crippen molar-refractivity contribution in [3.05, 3.63) is 16.1 Å². The van der Waals surface area contributed by atoms with Gasteiger partial charge in [-0.3, -0.25) is 14.5 Å². The Morgan fingerprint density at radius 3 is 2.87 bits per heavy atom. The minimum absolute atomic E-state index is 0.0205. The van der Waals surface area contributed by atoms with Gasteiger partial charge in [0.15, 0.2) is 0 Å². The van der Waals surface area contributed by atoms with Gasteiger partial charge in [0.2, 0.25) is 11.8 Å². The van der Waals surface area contributed by atoms with E-state index in [4.69, 9.17) is 9.47 Å². The Morgan fingerprint density at radius 2 is 2.17 bits per heavy atom. The molecule has 1 saturated carbocycles. The summed E-state index contributed by atoms with van der Waals surface area (Å²) >= 11 is 1.68. The lowest BCUT2D eigenvalue weighted by molar-refractivity contribution is -0.124. The SMILES string of the molecule is COCCNC(=O)C[C@@H]1OC[C@@H]2[C@H]1[C@H](CC(=O)NC1CC1)CN2Cc1nc(C)cs1. The van der Waals surface area contributed by atoms with E-state index >= 15 is 0 Å². The average Bonchev–Trinajstić information content (AvgIpc) is 3.11. The molecule has 0 aromatic carbocycles. The van der Waals surface area contributed by atoms with Crippen molar-refractivity contribution in [1.29, 1.82) is 0 Å². The first-order chi connectivity index (χ1) is 14.5. The number of fused-ring (bicyclic) bond motifs is 1. The molecule has 2 N–H and O–H groups in total. The number of carbonyl (C=O) groups excluding carboxylic acids is 2. The Hall–Kier alpha value is -1.55. The molecule has 3 aliphatic rings. The summed E-state index contributed by atoms with van der Waals surface area (Å²) in [7, 11) is 1.62. The Kier molecular flexibility index (Phi) is 7.02. The first-order valence-electron chi connectivity index (χ1n) is 10.8. The fourth-order valence-corrected chi connectivity index (χ4v) is 5.54. The maximum absolute atomic E-state index is 12.5. The second kappa shape index (κ2) is 9.72. The third-order valence-electron chi connectivity index (χ3n) is 6.25. The molecule has 3 fully saturated rings. The summed E-state index contributed by atoms with van der Waals surface area (Å²) in [5, 5.41) is 9.17. The summed E-state index contributed by atoms with van der Waals surface area (Å²) in [6, 6.07) is 0.594. The molecular weight excluding hydrogens is 404 g/mol. The van der Waals surface area contributed by atoms with Crippen molar-refractivity contribution >= 4 is 23.2 Å². The number of ether oxygens (including phenoxy) is 2. The van der Waals surface area contributed by atoms with Crippen LogP contribution < -0.4 is 10.6 Å². The molecule has 9 heteroatoms. The lowest BCUT2D eigenvalue weighted by Gasteiger charge is -2.23. The number of hydrogen-bond acceptors (Lipinski definition) is 7. The monoisotopic (exact) mass is 436 g/mol. The maximum Gasteiger partial charge on any atom is 0.222 e. The van der Waals surface area contributed by atoms with Crippen LogP contribution in [-0.2, 0) is 25.6 Å². The molecule has 3 heterocycles. The van der Waals surface area contributed by atoms with Gasteiger partial charge < -0.3 is 20.1 Å². The Balaban J connectivity index is 1.41.